The van der Waals surface area contributed by atoms with Crippen LogP contribution >= 0.6 is 7.60 Å². The first-order chi connectivity index (χ1) is 6.53. The third-order valence-corrected chi connectivity index (χ3v) is 3.64. The van der Waals surface area contributed by atoms with Gasteiger partial charge in [-0.05, 0) is 6.92 Å². The van der Waals surface area contributed by atoms with Crippen LogP contribution in [0.25, 0.3) is 0 Å². The smallest absolute Gasteiger partial charge is 0.332 e. The number of hydrogen-bond acceptors (Lipinski definition) is 4. The van der Waals surface area contributed by atoms with E-state index in [4.69, 9.17) is 9.05 Å². The van der Waals surface area contributed by atoms with Crippen molar-refractivity contribution in [2.75, 3.05) is 25.9 Å². The van der Waals surface area contributed by atoms with E-state index >= 15 is 0 Å². The van der Waals surface area contributed by atoms with Gasteiger partial charge in [0.25, 0.3) is 0 Å². The van der Waals surface area contributed by atoms with Crippen LogP contribution in [0.2, 0.25) is 0 Å². The van der Waals surface area contributed by atoms with Crippen molar-refractivity contribution in [2.24, 2.45) is 0 Å². The molecule has 5 nitrogen and oxygen atoms in total. The van der Waals surface area contributed by atoms with Crippen molar-refractivity contribution >= 4 is 13.5 Å². The van der Waals surface area contributed by atoms with E-state index in [1.54, 1.807) is 6.92 Å². The van der Waals surface area contributed by atoms with Crippen LogP contribution in [-0.2, 0) is 18.4 Å². The van der Waals surface area contributed by atoms with Crippen LogP contribution in [0, 0.1) is 0 Å². The summed E-state index contributed by atoms with van der Waals surface area (Å²) in [6.07, 6.45) is 0.214. The van der Waals surface area contributed by atoms with Gasteiger partial charge in [0.05, 0.1) is 19.4 Å². The standard InChI is InChI=1S/C8H14NO4P/c1-7(2)8(10)9-3-6-14(11)12-4-5-13-14/h1,3-6H2,2H3,(H,9,10). The monoisotopic (exact) mass is 219 g/mol. The molecule has 0 spiro atoms. The fraction of sp³-hybridized carbons (Fsp3) is 0.625. The van der Waals surface area contributed by atoms with Gasteiger partial charge in [0, 0.05) is 12.1 Å². The van der Waals surface area contributed by atoms with E-state index < -0.39 is 7.60 Å². The van der Waals surface area contributed by atoms with E-state index in [1.807, 2.05) is 0 Å². The van der Waals surface area contributed by atoms with Crippen molar-refractivity contribution in [3.05, 3.63) is 12.2 Å². The van der Waals surface area contributed by atoms with E-state index in [-0.39, 0.29) is 18.6 Å². The fourth-order valence-corrected chi connectivity index (χ4v) is 2.40. The van der Waals surface area contributed by atoms with Crippen molar-refractivity contribution in [3.63, 3.8) is 0 Å². The lowest BCUT2D eigenvalue weighted by atomic mass is 10.3. The maximum absolute atomic E-state index is 11.5. The summed E-state index contributed by atoms with van der Waals surface area (Å²) in [6.45, 7) is 6.10. The van der Waals surface area contributed by atoms with E-state index in [1.165, 1.54) is 0 Å². The maximum atomic E-state index is 11.5. The van der Waals surface area contributed by atoms with Crippen molar-refractivity contribution in [1.82, 2.24) is 5.32 Å². The lowest BCUT2D eigenvalue weighted by Crippen LogP contribution is -2.26. The third-order valence-electron chi connectivity index (χ3n) is 1.72. The molecule has 0 aromatic rings. The van der Waals surface area contributed by atoms with E-state index in [2.05, 4.69) is 11.9 Å². The van der Waals surface area contributed by atoms with Gasteiger partial charge in [-0.3, -0.25) is 9.36 Å². The van der Waals surface area contributed by atoms with Crippen molar-refractivity contribution in [1.29, 1.82) is 0 Å². The number of carbonyl (C=O) groups excluding carboxylic acids is 1. The zero-order valence-corrected chi connectivity index (χ0v) is 9.01. The average molecular weight is 219 g/mol. The third kappa shape index (κ3) is 3.25. The number of carbonyl (C=O) groups is 1. The highest BCUT2D eigenvalue weighted by Gasteiger charge is 2.29. The molecule has 0 atom stereocenters. The minimum absolute atomic E-state index is 0.214. The minimum Gasteiger partial charge on any atom is -0.352 e. The molecule has 0 radical (unpaired) electrons. The molecule has 14 heavy (non-hydrogen) atoms. The van der Waals surface area contributed by atoms with Crippen LogP contribution in [0.5, 0.6) is 0 Å². The quantitative estimate of drug-likeness (QED) is 0.564. The second-order valence-electron chi connectivity index (χ2n) is 3.04. The number of rotatable bonds is 4. The Morgan fingerprint density at radius 1 is 1.50 bits per heavy atom. The summed E-state index contributed by atoms with van der Waals surface area (Å²) in [5, 5.41) is 2.56. The predicted octanol–water partition coefficient (Wildman–Crippen LogP) is 0.919. The lowest BCUT2D eigenvalue weighted by molar-refractivity contribution is -0.117. The van der Waals surface area contributed by atoms with Crippen LogP contribution in [0.15, 0.2) is 12.2 Å². The molecule has 1 fully saturated rings. The Balaban J connectivity index is 2.24. The lowest BCUT2D eigenvalue weighted by Gasteiger charge is -2.09. The summed E-state index contributed by atoms with van der Waals surface area (Å²) in [7, 11) is -2.90. The Morgan fingerprint density at radius 3 is 2.57 bits per heavy atom. The topological polar surface area (TPSA) is 64.6 Å². The molecule has 1 N–H and O–H groups in total. The van der Waals surface area contributed by atoms with E-state index in [0.717, 1.165) is 0 Å². The van der Waals surface area contributed by atoms with Crippen LogP contribution in [0.4, 0.5) is 0 Å². The normalized spacial score (nSPS) is 19.2. The first-order valence-corrected chi connectivity index (χ1v) is 6.08. The van der Waals surface area contributed by atoms with Gasteiger partial charge in [0.1, 0.15) is 0 Å². The van der Waals surface area contributed by atoms with Crippen LogP contribution in [-0.4, -0.2) is 31.8 Å². The van der Waals surface area contributed by atoms with Crippen LogP contribution in [0.3, 0.4) is 0 Å². The van der Waals surface area contributed by atoms with E-state index in [0.29, 0.717) is 18.8 Å². The van der Waals surface area contributed by atoms with Crippen LogP contribution < -0.4 is 5.32 Å². The Kier molecular flexibility index (Phi) is 3.86. The number of amides is 1. The molecule has 0 aliphatic carbocycles. The average Bonchev–Trinajstić information content (AvgIpc) is 2.52. The first kappa shape index (κ1) is 11.4. The van der Waals surface area contributed by atoms with Crippen molar-refractivity contribution in [3.8, 4) is 0 Å². The molecule has 0 aromatic carbocycles. The van der Waals surface area contributed by atoms with Gasteiger partial charge in [0.15, 0.2) is 0 Å². The van der Waals surface area contributed by atoms with Gasteiger partial charge in [0.2, 0.25) is 5.91 Å². The molecule has 1 aliphatic rings. The number of nitrogens with one attached hydrogen (secondary N) is 1. The molecule has 80 valence electrons. The first-order valence-electron chi connectivity index (χ1n) is 4.35. The maximum Gasteiger partial charge on any atom is 0.332 e. The largest absolute Gasteiger partial charge is 0.352 e. The molecule has 1 rings (SSSR count). The highest BCUT2D eigenvalue weighted by Crippen LogP contribution is 2.50. The zero-order valence-electron chi connectivity index (χ0n) is 8.12. The highest BCUT2D eigenvalue weighted by atomic mass is 31.2. The molecule has 1 amide bonds. The van der Waals surface area contributed by atoms with Crippen LogP contribution in [0.1, 0.15) is 6.92 Å². The Morgan fingerprint density at radius 2 is 2.07 bits per heavy atom. The highest BCUT2D eigenvalue weighted by molar-refractivity contribution is 7.54. The molecule has 6 heteroatoms. The zero-order chi connectivity index (χ0) is 10.6. The summed E-state index contributed by atoms with van der Waals surface area (Å²) in [5.41, 5.74) is 0.427. The molecule has 1 aliphatic heterocycles. The van der Waals surface area contributed by atoms with Gasteiger partial charge in [-0.2, -0.15) is 0 Å². The van der Waals surface area contributed by atoms with Gasteiger partial charge < -0.3 is 14.4 Å². The minimum atomic E-state index is -2.90. The summed E-state index contributed by atoms with van der Waals surface area (Å²) in [6, 6.07) is 0. The van der Waals surface area contributed by atoms with Crippen molar-refractivity contribution in [2.45, 2.75) is 6.92 Å². The Labute approximate surface area is 83.0 Å². The van der Waals surface area contributed by atoms with E-state index in [9.17, 15) is 9.36 Å². The molecule has 1 saturated heterocycles. The molecular formula is C8H14NO4P. The summed E-state index contributed by atoms with van der Waals surface area (Å²) in [4.78, 5) is 11.0. The van der Waals surface area contributed by atoms with Gasteiger partial charge in [-0.15, -0.1) is 0 Å². The molecule has 1 heterocycles. The summed E-state index contributed by atoms with van der Waals surface area (Å²) >= 11 is 0. The molecule has 0 bridgehead atoms. The van der Waals surface area contributed by atoms with Gasteiger partial charge >= 0.3 is 7.60 Å². The van der Waals surface area contributed by atoms with Gasteiger partial charge in [-0.1, -0.05) is 6.58 Å². The Hall–Kier alpha value is -0.640. The summed E-state index contributed by atoms with van der Waals surface area (Å²) < 4.78 is 21.4. The van der Waals surface area contributed by atoms with Gasteiger partial charge in [-0.25, -0.2) is 0 Å². The molecule has 0 unspecified atom stereocenters. The molecule has 0 saturated carbocycles. The summed E-state index contributed by atoms with van der Waals surface area (Å²) in [5.74, 6) is -0.240. The fourth-order valence-electron chi connectivity index (χ4n) is 0.976. The second-order valence-corrected chi connectivity index (χ2v) is 5.22. The predicted molar refractivity (Wildman–Crippen MR) is 52.2 cm³/mol. The molecular weight excluding hydrogens is 205 g/mol. The molecule has 0 aromatic heterocycles. The second kappa shape index (κ2) is 4.73. The Bertz CT molecular complexity index is 279. The SMILES string of the molecule is C=C(C)C(=O)NCCP1(=O)OCCO1. The number of hydrogen-bond donors (Lipinski definition) is 1. The van der Waals surface area contributed by atoms with Crippen molar-refractivity contribution < 1.29 is 18.4 Å².